The van der Waals surface area contributed by atoms with Gasteiger partial charge in [-0.25, -0.2) is 0 Å². The average Bonchev–Trinajstić information content (AvgIpc) is 3.22. The third kappa shape index (κ3) is 9.93. The SMILES string of the molecule is C=C/C=C(\C=C1C=C(/C=C\C(=C)C)N(C/C=C\C)C\1)C(/C)=C/C=C(\C=C)N(C)C(/C=C\C)=C/C=C. The molecule has 0 aromatic rings. The number of rotatable bonds is 13. The molecule has 0 amide bonds. The fourth-order valence-electron chi connectivity index (χ4n) is 3.47. The normalized spacial score (nSPS) is 17.1. The molecule has 2 nitrogen and oxygen atoms in total. The van der Waals surface area contributed by atoms with Gasteiger partial charge in [-0.05, 0) is 86.9 Å². The Hall–Kier alpha value is -3.78. The van der Waals surface area contributed by atoms with Gasteiger partial charge in [-0.15, -0.1) is 0 Å². The minimum Gasteiger partial charge on any atom is -0.363 e. The largest absolute Gasteiger partial charge is 0.363 e. The van der Waals surface area contributed by atoms with Gasteiger partial charge in [-0.1, -0.05) is 80.5 Å². The van der Waals surface area contributed by atoms with E-state index in [0.29, 0.717) is 0 Å². The third-order valence-corrected chi connectivity index (χ3v) is 5.38. The lowest BCUT2D eigenvalue weighted by Gasteiger charge is -2.21. The standard InChI is InChI=1S/C33H42N2/c1-10-15-23-35-26-29(25-33(35)21-19-27(6)7)24-30(16-11-2)28(8)20-22-31(14-5)34(9)32(17-12-3)18-13-4/h10-22,24-25H,2-3,5-6,23,26H2,1,4,7-9H3/b15-10-,18-13-,21-19-,28-20+,29-24-,30-16+,31-22+,32-17+. The van der Waals surface area contributed by atoms with Crippen LogP contribution in [0, 0.1) is 0 Å². The molecule has 0 radical (unpaired) electrons. The maximum atomic E-state index is 4.01. The molecule has 0 saturated carbocycles. The Labute approximate surface area is 214 Å². The van der Waals surface area contributed by atoms with Crippen molar-refractivity contribution in [2.24, 2.45) is 0 Å². The van der Waals surface area contributed by atoms with Gasteiger partial charge in [0.05, 0.1) is 0 Å². The molecule has 0 spiro atoms. The van der Waals surface area contributed by atoms with Crippen LogP contribution in [0.1, 0.15) is 27.7 Å². The van der Waals surface area contributed by atoms with E-state index in [0.717, 1.165) is 41.2 Å². The summed E-state index contributed by atoms with van der Waals surface area (Å²) in [5.41, 5.74) is 7.78. The first-order chi connectivity index (χ1) is 16.8. The number of hydrogen-bond acceptors (Lipinski definition) is 2. The van der Waals surface area contributed by atoms with Crippen LogP contribution in [0.4, 0.5) is 0 Å². The van der Waals surface area contributed by atoms with Gasteiger partial charge in [0.15, 0.2) is 0 Å². The Morgan fingerprint density at radius 1 is 0.971 bits per heavy atom. The van der Waals surface area contributed by atoms with E-state index >= 15 is 0 Å². The van der Waals surface area contributed by atoms with Gasteiger partial charge in [0, 0.05) is 37.2 Å². The van der Waals surface area contributed by atoms with Crippen molar-refractivity contribution >= 4 is 0 Å². The summed E-state index contributed by atoms with van der Waals surface area (Å²) < 4.78 is 0. The van der Waals surface area contributed by atoms with Crippen molar-refractivity contribution in [3.8, 4) is 0 Å². The van der Waals surface area contributed by atoms with E-state index in [1.807, 2.05) is 45.2 Å². The van der Waals surface area contributed by atoms with Gasteiger partial charge in [0.1, 0.15) is 0 Å². The van der Waals surface area contributed by atoms with E-state index in [1.165, 1.54) is 11.3 Å². The fraction of sp³-hybridized carbons (Fsp3) is 0.212. The molecule has 1 rings (SSSR count). The van der Waals surface area contributed by atoms with Crippen molar-refractivity contribution in [1.29, 1.82) is 0 Å². The highest BCUT2D eigenvalue weighted by Crippen LogP contribution is 2.25. The topological polar surface area (TPSA) is 6.48 Å². The van der Waals surface area contributed by atoms with Crippen LogP contribution in [-0.4, -0.2) is 29.9 Å². The van der Waals surface area contributed by atoms with E-state index in [4.69, 9.17) is 0 Å². The third-order valence-electron chi connectivity index (χ3n) is 5.38. The van der Waals surface area contributed by atoms with Crippen molar-refractivity contribution in [1.82, 2.24) is 9.80 Å². The molecule has 0 unspecified atom stereocenters. The van der Waals surface area contributed by atoms with Crippen molar-refractivity contribution in [3.63, 3.8) is 0 Å². The summed E-state index contributed by atoms with van der Waals surface area (Å²) >= 11 is 0. The molecule has 35 heavy (non-hydrogen) atoms. The highest BCUT2D eigenvalue weighted by Gasteiger charge is 2.16. The second kappa shape index (κ2) is 16.0. The zero-order chi connectivity index (χ0) is 26.2. The molecule has 2 heteroatoms. The summed E-state index contributed by atoms with van der Waals surface area (Å²) in [6, 6.07) is 0. The Morgan fingerprint density at radius 2 is 1.69 bits per heavy atom. The average molecular weight is 467 g/mol. The van der Waals surface area contributed by atoms with Crippen molar-refractivity contribution in [3.05, 3.63) is 157 Å². The van der Waals surface area contributed by atoms with E-state index in [1.54, 1.807) is 6.08 Å². The smallest absolute Gasteiger partial charge is 0.0433 e. The summed E-state index contributed by atoms with van der Waals surface area (Å²) in [6.45, 7) is 25.7. The molecular formula is C33H42N2. The molecule has 0 atom stereocenters. The van der Waals surface area contributed by atoms with Crippen LogP contribution in [0.3, 0.4) is 0 Å². The number of nitrogens with zero attached hydrogens (tertiary/aromatic N) is 2. The van der Waals surface area contributed by atoms with E-state index in [-0.39, 0.29) is 0 Å². The first kappa shape index (κ1) is 29.3. The Balaban J connectivity index is 3.33. The second-order valence-corrected chi connectivity index (χ2v) is 8.31. The van der Waals surface area contributed by atoms with Crippen LogP contribution in [0.25, 0.3) is 0 Å². The predicted octanol–water partition coefficient (Wildman–Crippen LogP) is 8.53. The van der Waals surface area contributed by atoms with Crippen LogP contribution in [-0.2, 0) is 0 Å². The van der Waals surface area contributed by atoms with Crippen molar-refractivity contribution in [2.45, 2.75) is 27.7 Å². The van der Waals surface area contributed by atoms with E-state index in [9.17, 15) is 0 Å². The minimum absolute atomic E-state index is 0.859. The lowest BCUT2D eigenvalue weighted by atomic mass is 10.0. The molecule has 0 aliphatic carbocycles. The fourth-order valence-corrected chi connectivity index (χ4v) is 3.47. The van der Waals surface area contributed by atoms with E-state index in [2.05, 4.69) is 111 Å². The molecule has 0 saturated heterocycles. The van der Waals surface area contributed by atoms with Gasteiger partial charge in [0.2, 0.25) is 0 Å². The van der Waals surface area contributed by atoms with Crippen LogP contribution < -0.4 is 0 Å². The molecule has 1 aliphatic rings. The molecule has 0 bridgehead atoms. The van der Waals surface area contributed by atoms with E-state index < -0.39 is 0 Å². The quantitative estimate of drug-likeness (QED) is 0.198. The lowest BCUT2D eigenvalue weighted by molar-refractivity contribution is 0.448. The van der Waals surface area contributed by atoms with Gasteiger partial charge in [0.25, 0.3) is 0 Å². The molecule has 0 fully saturated rings. The molecule has 0 aromatic heterocycles. The zero-order valence-electron chi connectivity index (χ0n) is 22.3. The number of allylic oxidation sites excluding steroid dienone is 16. The Morgan fingerprint density at radius 3 is 2.26 bits per heavy atom. The second-order valence-electron chi connectivity index (χ2n) is 8.31. The van der Waals surface area contributed by atoms with Gasteiger partial charge in [-0.2, -0.15) is 0 Å². The van der Waals surface area contributed by atoms with Crippen molar-refractivity contribution < 1.29 is 0 Å². The maximum absolute atomic E-state index is 4.01. The summed E-state index contributed by atoms with van der Waals surface area (Å²) in [7, 11) is 2.02. The van der Waals surface area contributed by atoms with Gasteiger partial charge >= 0.3 is 0 Å². The van der Waals surface area contributed by atoms with Crippen LogP contribution in [0.15, 0.2) is 157 Å². The van der Waals surface area contributed by atoms with Crippen LogP contribution in [0.2, 0.25) is 0 Å². The summed E-state index contributed by atoms with van der Waals surface area (Å²) in [5, 5.41) is 0. The molecule has 1 heterocycles. The lowest BCUT2D eigenvalue weighted by Crippen LogP contribution is -2.19. The monoisotopic (exact) mass is 466 g/mol. The summed E-state index contributed by atoms with van der Waals surface area (Å²) in [6.07, 6.45) is 30.7. The number of likely N-dealkylation sites (N-methyl/N-ethyl adjacent to an activating group) is 1. The van der Waals surface area contributed by atoms with Crippen LogP contribution in [0.5, 0.6) is 0 Å². The van der Waals surface area contributed by atoms with Crippen molar-refractivity contribution in [2.75, 3.05) is 20.1 Å². The molecular weight excluding hydrogens is 424 g/mol. The first-order valence-electron chi connectivity index (χ1n) is 12.0. The summed E-state index contributed by atoms with van der Waals surface area (Å²) in [5.74, 6) is 0. The first-order valence-corrected chi connectivity index (χ1v) is 12.0. The van der Waals surface area contributed by atoms with Gasteiger partial charge in [-0.3, -0.25) is 0 Å². The predicted molar refractivity (Wildman–Crippen MR) is 158 cm³/mol. The number of hydrogen-bond donors (Lipinski definition) is 0. The highest BCUT2D eigenvalue weighted by atomic mass is 15.1. The van der Waals surface area contributed by atoms with Crippen LogP contribution >= 0.6 is 0 Å². The van der Waals surface area contributed by atoms with Gasteiger partial charge < -0.3 is 9.80 Å². The Bertz CT molecular complexity index is 1060. The maximum Gasteiger partial charge on any atom is 0.0433 e. The highest BCUT2D eigenvalue weighted by molar-refractivity contribution is 5.49. The Kier molecular flexibility index (Phi) is 13.3. The molecule has 0 N–H and O–H groups in total. The summed E-state index contributed by atoms with van der Waals surface area (Å²) in [4.78, 5) is 4.45. The molecule has 0 aromatic carbocycles. The molecule has 184 valence electrons. The molecule has 1 aliphatic heterocycles. The minimum atomic E-state index is 0.859. The zero-order valence-corrected chi connectivity index (χ0v) is 22.3.